The second-order valence-corrected chi connectivity index (χ2v) is 16.1. The maximum atomic E-state index is 12.4. The molecule has 7 rings (SSSR count). The lowest BCUT2D eigenvalue weighted by molar-refractivity contribution is -0.124. The first-order valence-corrected chi connectivity index (χ1v) is 17.9. The standard InChI is InChI=1S/C37H48N6O3S/c1-22-15-23(2)17-24(16-22)33-26(9-10-42-11-13-43(14-12-42)21-25-18-32(44)41(6)36(46)40(25)5)28-19-31(47-35(28)39-33)37(3,4)20-29-27-7-8-30(29)38-34(27)45/h15-19,27,29-30,39H,7-14,20-21H2,1-6H3,(H,38,45). The summed E-state index contributed by atoms with van der Waals surface area (Å²) in [5, 5.41) is 4.57. The van der Waals surface area contributed by atoms with Crippen LogP contribution in [0.3, 0.4) is 0 Å². The van der Waals surface area contributed by atoms with Gasteiger partial charge in [-0.1, -0.05) is 31.0 Å². The number of benzene rings is 1. The van der Waals surface area contributed by atoms with Crippen molar-refractivity contribution in [2.45, 2.75) is 71.4 Å². The molecule has 2 aliphatic heterocycles. The molecule has 3 unspecified atom stereocenters. The zero-order valence-corrected chi connectivity index (χ0v) is 29.4. The van der Waals surface area contributed by atoms with Gasteiger partial charge in [0.15, 0.2) is 0 Å². The Labute approximate surface area is 280 Å². The van der Waals surface area contributed by atoms with Crippen molar-refractivity contribution in [3.63, 3.8) is 0 Å². The van der Waals surface area contributed by atoms with E-state index in [1.807, 2.05) is 11.3 Å². The first kappa shape index (κ1) is 32.1. The lowest BCUT2D eigenvalue weighted by atomic mass is 9.78. The highest BCUT2D eigenvalue weighted by molar-refractivity contribution is 7.18. The number of amides is 1. The zero-order valence-electron chi connectivity index (χ0n) is 28.6. The SMILES string of the molecule is Cc1cc(C)cc(-c2[nH]c3sc(C(C)(C)CC4C5CCC4C(=O)N5)cc3c2CCN2CCN(Cc3cc(=O)n(C)c(=O)n3C)CC2)c1. The molecule has 10 heteroatoms. The van der Waals surface area contributed by atoms with Crippen LogP contribution in [0.15, 0.2) is 39.9 Å². The monoisotopic (exact) mass is 656 g/mol. The van der Waals surface area contributed by atoms with E-state index >= 15 is 0 Å². The molecule has 9 nitrogen and oxygen atoms in total. The van der Waals surface area contributed by atoms with Gasteiger partial charge < -0.3 is 15.2 Å². The Kier molecular flexibility index (Phi) is 8.33. The molecule has 0 radical (unpaired) electrons. The van der Waals surface area contributed by atoms with Crippen LogP contribution in [0.1, 0.15) is 60.4 Å². The van der Waals surface area contributed by atoms with Crippen molar-refractivity contribution in [3.05, 3.63) is 78.4 Å². The number of carbonyl (C=O) groups excluding carboxylic acids is 1. The molecule has 47 heavy (non-hydrogen) atoms. The van der Waals surface area contributed by atoms with Gasteiger partial charge in [-0.2, -0.15) is 0 Å². The molecule has 250 valence electrons. The van der Waals surface area contributed by atoms with Gasteiger partial charge >= 0.3 is 5.69 Å². The minimum Gasteiger partial charge on any atom is -0.353 e. The van der Waals surface area contributed by atoms with Crippen molar-refractivity contribution in [2.24, 2.45) is 25.9 Å². The predicted octanol–water partition coefficient (Wildman–Crippen LogP) is 4.46. The van der Waals surface area contributed by atoms with Crippen molar-refractivity contribution in [1.29, 1.82) is 0 Å². The quantitative estimate of drug-likeness (QED) is 0.278. The number of thiophene rings is 1. The summed E-state index contributed by atoms with van der Waals surface area (Å²) in [6.07, 6.45) is 4.13. The zero-order chi connectivity index (χ0) is 33.2. The van der Waals surface area contributed by atoms with Crippen molar-refractivity contribution < 1.29 is 4.79 Å². The third-order valence-corrected chi connectivity index (χ3v) is 12.6. The first-order valence-electron chi connectivity index (χ1n) is 17.1. The van der Waals surface area contributed by atoms with Crippen molar-refractivity contribution >= 4 is 27.5 Å². The number of hydrogen-bond acceptors (Lipinski definition) is 6. The topological polar surface area (TPSA) is 95.4 Å². The molecule has 2 bridgehead atoms. The Hall–Kier alpha value is -3.47. The summed E-state index contributed by atoms with van der Waals surface area (Å²) in [5.74, 6) is 0.875. The Morgan fingerprint density at radius 2 is 1.60 bits per heavy atom. The number of aromatic nitrogens is 3. The second kappa shape index (κ2) is 12.2. The fourth-order valence-electron chi connectivity index (χ4n) is 8.43. The Morgan fingerprint density at radius 3 is 2.26 bits per heavy atom. The maximum absolute atomic E-state index is 12.4. The summed E-state index contributed by atoms with van der Waals surface area (Å²) < 4.78 is 2.74. The van der Waals surface area contributed by atoms with E-state index in [4.69, 9.17) is 0 Å². The number of rotatable bonds is 9. The maximum Gasteiger partial charge on any atom is 0.330 e. The van der Waals surface area contributed by atoms with E-state index in [0.29, 0.717) is 18.5 Å². The molecule has 1 saturated carbocycles. The molecule has 3 aliphatic rings. The number of H-pyrrole nitrogens is 1. The minimum atomic E-state index is -0.277. The highest BCUT2D eigenvalue weighted by Gasteiger charge is 2.49. The first-order chi connectivity index (χ1) is 22.4. The van der Waals surface area contributed by atoms with E-state index in [2.05, 4.69) is 72.1 Å². The van der Waals surface area contributed by atoms with Crippen LogP contribution in [0.4, 0.5) is 0 Å². The number of hydrogen-bond donors (Lipinski definition) is 2. The number of fused-ring (bicyclic) bond motifs is 3. The lowest BCUT2D eigenvalue weighted by Crippen LogP contribution is -2.47. The summed E-state index contributed by atoms with van der Waals surface area (Å²) >= 11 is 1.89. The highest BCUT2D eigenvalue weighted by Crippen LogP contribution is 2.47. The molecule has 2 saturated heterocycles. The van der Waals surface area contributed by atoms with Crippen LogP contribution in [0.5, 0.6) is 0 Å². The highest BCUT2D eigenvalue weighted by atomic mass is 32.1. The molecule has 3 aromatic heterocycles. The average Bonchev–Trinajstić information content (AvgIpc) is 3.77. The molecule has 1 aliphatic carbocycles. The van der Waals surface area contributed by atoms with Crippen LogP contribution >= 0.6 is 11.3 Å². The van der Waals surface area contributed by atoms with Gasteiger partial charge in [0.2, 0.25) is 5.91 Å². The van der Waals surface area contributed by atoms with Gasteiger partial charge in [0, 0.05) is 87.3 Å². The fourth-order valence-corrected chi connectivity index (χ4v) is 9.63. The molecule has 4 aromatic rings. The van der Waals surface area contributed by atoms with Gasteiger partial charge in [0.25, 0.3) is 5.56 Å². The number of nitrogens with zero attached hydrogens (tertiary/aromatic N) is 4. The van der Waals surface area contributed by atoms with Gasteiger partial charge in [0.05, 0.1) is 5.69 Å². The van der Waals surface area contributed by atoms with Gasteiger partial charge in [-0.05, 0) is 80.2 Å². The van der Waals surface area contributed by atoms with Crippen LogP contribution in [-0.4, -0.2) is 68.6 Å². The molecule has 3 fully saturated rings. The van der Waals surface area contributed by atoms with E-state index in [9.17, 15) is 14.4 Å². The van der Waals surface area contributed by atoms with Crippen molar-refractivity contribution in [3.8, 4) is 11.3 Å². The van der Waals surface area contributed by atoms with Crippen LogP contribution in [-0.2, 0) is 37.3 Å². The lowest BCUT2D eigenvalue weighted by Gasteiger charge is -2.35. The van der Waals surface area contributed by atoms with E-state index < -0.39 is 0 Å². The summed E-state index contributed by atoms with van der Waals surface area (Å²) in [4.78, 5) is 48.5. The molecule has 0 spiro atoms. The smallest absolute Gasteiger partial charge is 0.330 e. The molecule has 3 atom stereocenters. The second-order valence-electron chi connectivity index (χ2n) is 15.0. The van der Waals surface area contributed by atoms with E-state index in [1.165, 1.54) is 50.1 Å². The van der Waals surface area contributed by atoms with Gasteiger partial charge in [-0.25, -0.2) is 4.79 Å². The summed E-state index contributed by atoms with van der Waals surface area (Å²) in [6, 6.07) is 11.2. The van der Waals surface area contributed by atoms with Gasteiger partial charge in [-0.3, -0.25) is 23.6 Å². The fraction of sp³-hybridized carbons (Fsp3) is 0.541. The van der Waals surface area contributed by atoms with Crippen LogP contribution < -0.4 is 16.6 Å². The van der Waals surface area contributed by atoms with Crippen molar-refractivity contribution in [1.82, 2.24) is 29.2 Å². The van der Waals surface area contributed by atoms with Gasteiger partial charge in [-0.15, -0.1) is 11.3 Å². The summed E-state index contributed by atoms with van der Waals surface area (Å²) in [5.41, 5.74) is 6.63. The van der Waals surface area contributed by atoms with E-state index in [0.717, 1.165) is 68.7 Å². The summed E-state index contributed by atoms with van der Waals surface area (Å²) in [6.45, 7) is 14.3. The Morgan fingerprint density at radius 1 is 0.894 bits per heavy atom. The molecular weight excluding hydrogens is 609 g/mol. The Bertz CT molecular complexity index is 1940. The number of piperidine rings is 1. The van der Waals surface area contributed by atoms with Crippen LogP contribution in [0.2, 0.25) is 0 Å². The Balaban J connectivity index is 1.10. The van der Waals surface area contributed by atoms with Gasteiger partial charge in [0.1, 0.15) is 4.83 Å². The minimum absolute atomic E-state index is 0.0114. The third kappa shape index (κ3) is 6.04. The normalized spacial score (nSPS) is 22.1. The number of aryl methyl sites for hydroxylation is 2. The predicted molar refractivity (Wildman–Crippen MR) is 189 cm³/mol. The number of aromatic amines is 1. The van der Waals surface area contributed by atoms with Crippen LogP contribution in [0.25, 0.3) is 21.5 Å². The van der Waals surface area contributed by atoms with Crippen LogP contribution in [0, 0.1) is 25.7 Å². The van der Waals surface area contributed by atoms with Crippen molar-refractivity contribution in [2.75, 3.05) is 32.7 Å². The number of piperazine rings is 1. The third-order valence-electron chi connectivity index (χ3n) is 11.2. The molecule has 2 N–H and O–H groups in total. The average molecular weight is 657 g/mol. The largest absolute Gasteiger partial charge is 0.353 e. The number of carbonyl (C=O) groups is 1. The molecular formula is C37H48N6O3S. The van der Waals surface area contributed by atoms with E-state index in [1.54, 1.807) is 17.7 Å². The summed E-state index contributed by atoms with van der Waals surface area (Å²) in [7, 11) is 3.27. The van der Waals surface area contributed by atoms with E-state index in [-0.39, 0.29) is 28.5 Å². The molecule has 5 heterocycles. The molecule has 1 amide bonds. The molecule has 1 aromatic carbocycles. The number of nitrogens with one attached hydrogen (secondary N) is 2.